The number of Topliss-reactive ketones (excluding diaryl/α,β-unsaturated/α-hetero) is 1. The summed E-state index contributed by atoms with van der Waals surface area (Å²) in [5.74, 6) is 4.62. The van der Waals surface area contributed by atoms with Crippen LogP contribution in [0.2, 0.25) is 0 Å². The van der Waals surface area contributed by atoms with Crippen LogP contribution in [0.4, 0.5) is 0 Å². The largest absolute Gasteiger partial charge is 0.298 e. The summed E-state index contributed by atoms with van der Waals surface area (Å²) in [6.07, 6.45) is 8.21. The van der Waals surface area contributed by atoms with Crippen LogP contribution in [0.25, 0.3) is 0 Å². The lowest BCUT2D eigenvalue weighted by Crippen LogP contribution is -2.36. The number of hydrogen-bond donors (Lipinski definition) is 0. The lowest BCUT2D eigenvalue weighted by Gasteiger charge is -2.43. The Labute approximate surface area is 270 Å². The molecule has 2 aromatic carbocycles. The van der Waals surface area contributed by atoms with Crippen molar-refractivity contribution in [3.05, 3.63) is 69.8 Å². The molecule has 4 fully saturated rings. The first kappa shape index (κ1) is 32.1. The van der Waals surface area contributed by atoms with Gasteiger partial charge in [-0.15, -0.1) is 0 Å². The van der Waals surface area contributed by atoms with E-state index in [-0.39, 0.29) is 33.5 Å². The van der Waals surface area contributed by atoms with E-state index in [1.54, 1.807) is 0 Å². The standard InChI is InChI=1S/C43H62O/c1-40(2,3)28-19-26(20-29(23-28)41(4,5)6)35-37-32-17-13-15-25-16-14-18-33(34(25)32)38(37)36(39(35)44)27-21-30(42(7,8)9)24-31(22-27)43(10,11)12/h19-25,32-38H,13-18H2,1-12H3. The number of fused-ring (bicyclic) bond motifs is 3. The zero-order valence-electron chi connectivity index (χ0n) is 30.2. The average Bonchev–Trinajstić information content (AvgIpc) is 3.39. The van der Waals surface area contributed by atoms with E-state index in [0.717, 1.165) is 11.8 Å². The molecule has 0 bridgehead atoms. The number of rotatable bonds is 2. The highest BCUT2D eigenvalue weighted by molar-refractivity contribution is 5.95. The molecule has 44 heavy (non-hydrogen) atoms. The maximum atomic E-state index is 15.4. The van der Waals surface area contributed by atoms with Crippen molar-refractivity contribution in [1.29, 1.82) is 0 Å². The Morgan fingerprint density at radius 3 is 1.07 bits per heavy atom. The molecule has 6 atom stereocenters. The summed E-state index contributed by atoms with van der Waals surface area (Å²) in [6, 6.07) is 14.7. The Balaban J connectivity index is 1.58. The van der Waals surface area contributed by atoms with Gasteiger partial charge in [-0.25, -0.2) is 0 Å². The second kappa shape index (κ2) is 10.6. The molecule has 0 radical (unpaired) electrons. The third-order valence-corrected chi connectivity index (χ3v) is 12.7. The molecule has 0 saturated heterocycles. The zero-order valence-corrected chi connectivity index (χ0v) is 30.2. The number of carbonyl (C=O) groups is 1. The molecule has 0 aromatic heterocycles. The summed E-state index contributed by atoms with van der Waals surface area (Å²) < 4.78 is 0. The third-order valence-electron chi connectivity index (χ3n) is 12.7. The van der Waals surface area contributed by atoms with Gasteiger partial charge in [0.15, 0.2) is 0 Å². The smallest absolute Gasteiger partial charge is 0.148 e. The monoisotopic (exact) mass is 594 g/mol. The van der Waals surface area contributed by atoms with Crippen LogP contribution in [0.5, 0.6) is 0 Å². The van der Waals surface area contributed by atoms with E-state index in [2.05, 4.69) is 119 Å². The van der Waals surface area contributed by atoms with Crippen molar-refractivity contribution >= 4 is 5.78 Å². The van der Waals surface area contributed by atoms with E-state index < -0.39 is 0 Å². The van der Waals surface area contributed by atoms with Gasteiger partial charge in [0.1, 0.15) is 5.78 Å². The summed E-state index contributed by atoms with van der Waals surface area (Å²) in [4.78, 5) is 15.4. The van der Waals surface area contributed by atoms with E-state index in [9.17, 15) is 0 Å². The van der Waals surface area contributed by atoms with Crippen LogP contribution >= 0.6 is 0 Å². The van der Waals surface area contributed by atoms with Gasteiger partial charge in [0, 0.05) is 11.8 Å². The second-order valence-corrected chi connectivity index (χ2v) is 19.7. The quantitative estimate of drug-likeness (QED) is 0.338. The van der Waals surface area contributed by atoms with E-state index in [1.807, 2.05) is 0 Å². The minimum Gasteiger partial charge on any atom is -0.298 e. The summed E-state index contributed by atoms with van der Waals surface area (Å²) in [6.45, 7) is 28.0. The first-order valence-corrected chi connectivity index (χ1v) is 18.1. The lowest BCUT2D eigenvalue weighted by atomic mass is 9.61. The summed E-state index contributed by atoms with van der Waals surface area (Å²) in [5.41, 5.74) is 8.35. The normalized spacial score (nSPS) is 32.5. The van der Waals surface area contributed by atoms with Crippen LogP contribution in [-0.4, -0.2) is 5.78 Å². The second-order valence-electron chi connectivity index (χ2n) is 19.7. The zero-order chi connectivity index (χ0) is 32.1. The Kier molecular flexibility index (Phi) is 7.70. The summed E-state index contributed by atoms with van der Waals surface area (Å²) in [5, 5.41) is 0. The fourth-order valence-corrected chi connectivity index (χ4v) is 10.3. The fourth-order valence-electron chi connectivity index (χ4n) is 10.3. The van der Waals surface area contributed by atoms with Crippen LogP contribution in [0, 0.1) is 35.5 Å². The molecule has 0 N–H and O–H groups in total. The van der Waals surface area contributed by atoms with Gasteiger partial charge in [0.25, 0.3) is 0 Å². The van der Waals surface area contributed by atoms with Crippen molar-refractivity contribution in [2.24, 2.45) is 35.5 Å². The number of ketones is 1. The predicted octanol–water partition coefficient (Wildman–Crippen LogP) is 11.4. The molecule has 0 spiro atoms. The van der Waals surface area contributed by atoms with Crippen molar-refractivity contribution in [3.63, 3.8) is 0 Å². The van der Waals surface area contributed by atoms with E-state index in [1.165, 1.54) is 71.9 Å². The molecule has 1 heteroatoms. The van der Waals surface area contributed by atoms with E-state index in [0.29, 0.717) is 29.5 Å². The predicted molar refractivity (Wildman–Crippen MR) is 187 cm³/mol. The van der Waals surface area contributed by atoms with Crippen LogP contribution in [-0.2, 0) is 26.5 Å². The number of carbonyl (C=O) groups excluding carboxylic acids is 1. The fraction of sp³-hybridized carbons (Fsp3) is 0.698. The third kappa shape index (κ3) is 5.45. The lowest BCUT2D eigenvalue weighted by molar-refractivity contribution is -0.121. The minimum atomic E-state index is 0.0131. The molecular weight excluding hydrogens is 532 g/mol. The van der Waals surface area contributed by atoms with Crippen molar-refractivity contribution in [2.45, 2.75) is 155 Å². The molecule has 4 aliphatic carbocycles. The SMILES string of the molecule is CC(C)(C)c1cc(C2C(=O)C(c3cc(C(C)(C)C)cc(C(C)(C)C)c3)C3C4CCCC5CCCC(C54)C23)cc(C(C)(C)C)c1. The van der Waals surface area contributed by atoms with Crippen LogP contribution in [0.3, 0.4) is 0 Å². The molecule has 4 saturated carbocycles. The minimum absolute atomic E-state index is 0.0131. The number of hydrogen-bond acceptors (Lipinski definition) is 1. The molecule has 0 amide bonds. The van der Waals surface area contributed by atoms with Crippen LogP contribution in [0.1, 0.15) is 167 Å². The molecule has 6 rings (SSSR count). The van der Waals surface area contributed by atoms with Crippen LogP contribution < -0.4 is 0 Å². The maximum Gasteiger partial charge on any atom is 0.148 e. The molecule has 2 aromatic rings. The van der Waals surface area contributed by atoms with Gasteiger partial charge < -0.3 is 0 Å². The molecule has 0 aliphatic heterocycles. The molecular formula is C43H62O. The number of benzene rings is 2. The Morgan fingerprint density at radius 2 is 0.773 bits per heavy atom. The highest BCUT2D eigenvalue weighted by atomic mass is 16.1. The van der Waals surface area contributed by atoms with Crippen molar-refractivity contribution in [2.75, 3.05) is 0 Å². The molecule has 1 nitrogen and oxygen atoms in total. The van der Waals surface area contributed by atoms with Gasteiger partial charge in [-0.1, -0.05) is 145 Å². The highest BCUT2D eigenvalue weighted by Crippen LogP contribution is 2.69. The first-order chi connectivity index (χ1) is 20.3. The molecule has 240 valence electrons. The Bertz CT molecular complexity index is 1240. The Morgan fingerprint density at radius 1 is 0.455 bits per heavy atom. The van der Waals surface area contributed by atoms with Gasteiger partial charge in [0.2, 0.25) is 0 Å². The van der Waals surface area contributed by atoms with Crippen molar-refractivity contribution in [3.8, 4) is 0 Å². The highest BCUT2D eigenvalue weighted by Gasteiger charge is 2.65. The van der Waals surface area contributed by atoms with E-state index in [4.69, 9.17) is 0 Å². The topological polar surface area (TPSA) is 17.1 Å². The van der Waals surface area contributed by atoms with Crippen molar-refractivity contribution < 1.29 is 4.79 Å². The van der Waals surface area contributed by atoms with Gasteiger partial charge in [-0.05, 0) is 103 Å². The Hall–Kier alpha value is -1.89. The maximum absolute atomic E-state index is 15.4. The first-order valence-electron chi connectivity index (χ1n) is 18.1. The summed E-state index contributed by atoms with van der Waals surface area (Å²) >= 11 is 0. The van der Waals surface area contributed by atoms with Gasteiger partial charge in [0.05, 0.1) is 0 Å². The molecule has 4 aliphatic rings. The van der Waals surface area contributed by atoms with Crippen molar-refractivity contribution in [1.82, 2.24) is 0 Å². The average molecular weight is 595 g/mol. The van der Waals surface area contributed by atoms with Crippen LogP contribution in [0.15, 0.2) is 36.4 Å². The summed E-state index contributed by atoms with van der Waals surface area (Å²) in [7, 11) is 0. The van der Waals surface area contributed by atoms with E-state index >= 15 is 4.79 Å². The molecule has 6 unspecified atom stereocenters. The van der Waals surface area contributed by atoms with Gasteiger partial charge in [-0.2, -0.15) is 0 Å². The van der Waals surface area contributed by atoms with Gasteiger partial charge in [-0.3, -0.25) is 4.79 Å². The molecule has 0 heterocycles. The van der Waals surface area contributed by atoms with Gasteiger partial charge >= 0.3 is 0 Å².